The Bertz CT molecular complexity index is 943. The van der Waals surface area contributed by atoms with E-state index in [0.29, 0.717) is 11.3 Å². The molecule has 2 rings (SSSR count). The fourth-order valence-electron chi connectivity index (χ4n) is 2.08. The first-order chi connectivity index (χ1) is 13.3. The third-order valence-electron chi connectivity index (χ3n) is 3.53. The Balaban J connectivity index is 1.88. The lowest BCUT2D eigenvalue weighted by Gasteiger charge is -2.09. The maximum Gasteiger partial charge on any atom is 0.320 e. The quantitative estimate of drug-likeness (QED) is 0.549. The van der Waals surface area contributed by atoms with Crippen LogP contribution in [0.25, 0.3) is 0 Å². The van der Waals surface area contributed by atoms with Crippen LogP contribution in [-0.4, -0.2) is 46.4 Å². The first-order valence-electron chi connectivity index (χ1n) is 8.11. The molecular weight excluding hydrogens is 386 g/mol. The second-order valence-electron chi connectivity index (χ2n) is 5.52. The van der Waals surface area contributed by atoms with Crippen LogP contribution in [0, 0.1) is 0 Å². The number of benzene rings is 2. The molecule has 28 heavy (non-hydrogen) atoms. The number of ether oxygens (including phenoxy) is 1. The van der Waals surface area contributed by atoms with Crippen molar-refractivity contribution < 1.29 is 27.5 Å². The van der Waals surface area contributed by atoms with Gasteiger partial charge in [0, 0.05) is 11.3 Å². The second-order valence-corrected chi connectivity index (χ2v) is 7.29. The number of amides is 2. The largest absolute Gasteiger partial charge is 0.468 e. The number of sulfonamides is 1. The van der Waals surface area contributed by atoms with E-state index in [0.717, 1.165) is 7.11 Å². The Hall–Kier alpha value is -3.24. The summed E-state index contributed by atoms with van der Waals surface area (Å²) in [5.41, 5.74) is 0.787. The minimum atomic E-state index is -3.88. The van der Waals surface area contributed by atoms with E-state index >= 15 is 0 Å². The lowest BCUT2D eigenvalue weighted by Crippen LogP contribution is -2.32. The van der Waals surface area contributed by atoms with Gasteiger partial charge in [-0.25, -0.2) is 8.42 Å². The zero-order chi connectivity index (χ0) is 20.6. The van der Waals surface area contributed by atoms with Gasteiger partial charge in [-0.15, -0.1) is 0 Å². The summed E-state index contributed by atoms with van der Waals surface area (Å²) in [6, 6.07) is 13.8. The molecule has 10 heteroatoms. The molecule has 0 aliphatic heterocycles. The number of nitrogens with one attached hydrogen (secondary N) is 3. The van der Waals surface area contributed by atoms with Gasteiger partial charge in [0.25, 0.3) is 5.91 Å². The van der Waals surface area contributed by atoms with E-state index in [1.807, 2.05) is 0 Å². The number of carbonyl (C=O) groups excluding carboxylic acids is 3. The molecule has 0 unspecified atom stereocenters. The van der Waals surface area contributed by atoms with Gasteiger partial charge in [-0.1, -0.05) is 18.2 Å². The van der Waals surface area contributed by atoms with Crippen molar-refractivity contribution in [1.29, 1.82) is 0 Å². The molecule has 3 N–H and O–H groups in total. The Kier molecular flexibility index (Phi) is 7.24. The highest BCUT2D eigenvalue weighted by molar-refractivity contribution is 7.89. The highest BCUT2D eigenvalue weighted by Crippen LogP contribution is 2.13. The monoisotopic (exact) mass is 405 g/mol. The minimum absolute atomic E-state index is 0.0771. The van der Waals surface area contributed by atoms with E-state index in [1.54, 1.807) is 30.3 Å². The molecule has 148 valence electrons. The fourth-order valence-corrected chi connectivity index (χ4v) is 3.05. The zero-order valence-corrected chi connectivity index (χ0v) is 15.8. The van der Waals surface area contributed by atoms with Gasteiger partial charge in [-0.2, -0.15) is 4.72 Å². The number of esters is 1. The average molecular weight is 405 g/mol. The van der Waals surface area contributed by atoms with Gasteiger partial charge in [0.2, 0.25) is 15.9 Å². The van der Waals surface area contributed by atoms with Gasteiger partial charge in [-0.05, 0) is 36.4 Å². The van der Waals surface area contributed by atoms with Crippen LogP contribution in [0.4, 0.5) is 5.69 Å². The van der Waals surface area contributed by atoms with Gasteiger partial charge < -0.3 is 15.4 Å². The van der Waals surface area contributed by atoms with Crippen LogP contribution in [0.3, 0.4) is 0 Å². The summed E-state index contributed by atoms with van der Waals surface area (Å²) < 4.78 is 30.6. The molecule has 0 aliphatic carbocycles. The topological polar surface area (TPSA) is 131 Å². The Morgan fingerprint density at radius 3 is 2.18 bits per heavy atom. The maximum atomic E-state index is 12.0. The van der Waals surface area contributed by atoms with E-state index in [4.69, 9.17) is 0 Å². The molecule has 0 radical (unpaired) electrons. The van der Waals surface area contributed by atoms with E-state index < -0.39 is 28.4 Å². The van der Waals surface area contributed by atoms with Crippen molar-refractivity contribution in [3.63, 3.8) is 0 Å². The van der Waals surface area contributed by atoms with Crippen molar-refractivity contribution in [2.24, 2.45) is 0 Å². The smallest absolute Gasteiger partial charge is 0.320 e. The fraction of sp³-hybridized carbons (Fsp3) is 0.167. The summed E-state index contributed by atoms with van der Waals surface area (Å²) in [4.78, 5) is 34.8. The molecule has 9 nitrogen and oxygen atoms in total. The molecule has 0 saturated heterocycles. The van der Waals surface area contributed by atoms with Crippen LogP contribution in [0.2, 0.25) is 0 Å². The molecule has 0 aliphatic rings. The summed E-state index contributed by atoms with van der Waals surface area (Å²) in [6.45, 7) is -0.729. The summed E-state index contributed by atoms with van der Waals surface area (Å²) in [5, 5.41) is 5.03. The van der Waals surface area contributed by atoms with Crippen molar-refractivity contribution in [2.75, 3.05) is 25.5 Å². The SMILES string of the molecule is COC(=O)CNS(=O)(=O)c1ccc(NC(=O)CNC(=O)c2ccccc2)cc1. The molecule has 2 aromatic rings. The molecule has 0 aromatic heterocycles. The molecule has 2 amide bonds. The Morgan fingerprint density at radius 1 is 0.929 bits per heavy atom. The maximum absolute atomic E-state index is 12.0. The van der Waals surface area contributed by atoms with Crippen LogP contribution >= 0.6 is 0 Å². The molecule has 0 heterocycles. The zero-order valence-electron chi connectivity index (χ0n) is 15.0. The minimum Gasteiger partial charge on any atom is -0.468 e. The number of hydrogen-bond donors (Lipinski definition) is 3. The number of carbonyl (C=O) groups is 3. The predicted molar refractivity (Wildman–Crippen MR) is 101 cm³/mol. The molecule has 0 fully saturated rings. The first-order valence-corrected chi connectivity index (χ1v) is 9.60. The standard InChI is InChI=1S/C18H19N3O6S/c1-27-17(23)12-20-28(25,26)15-9-7-14(8-10-15)21-16(22)11-19-18(24)13-5-3-2-4-6-13/h2-10,20H,11-12H2,1H3,(H,19,24)(H,21,22). The second kappa shape index (κ2) is 9.62. The normalized spacial score (nSPS) is 10.8. The van der Waals surface area contributed by atoms with E-state index in [-0.39, 0.29) is 17.3 Å². The summed E-state index contributed by atoms with van der Waals surface area (Å²) in [7, 11) is -2.73. The number of anilines is 1. The van der Waals surface area contributed by atoms with Crippen molar-refractivity contribution >= 4 is 33.5 Å². The summed E-state index contributed by atoms with van der Waals surface area (Å²) in [5.74, 6) is -1.57. The van der Waals surface area contributed by atoms with Crippen LogP contribution in [-0.2, 0) is 24.3 Å². The van der Waals surface area contributed by atoms with Crippen LogP contribution in [0.5, 0.6) is 0 Å². The predicted octanol–water partition coefficient (Wildman–Crippen LogP) is 0.506. The van der Waals surface area contributed by atoms with E-state index in [1.165, 1.54) is 24.3 Å². The summed E-state index contributed by atoms with van der Waals surface area (Å²) >= 11 is 0. The number of rotatable bonds is 8. The van der Waals surface area contributed by atoms with Crippen molar-refractivity contribution in [3.05, 3.63) is 60.2 Å². The molecule has 2 aromatic carbocycles. The van der Waals surface area contributed by atoms with E-state index in [9.17, 15) is 22.8 Å². The van der Waals surface area contributed by atoms with Gasteiger partial charge in [-0.3, -0.25) is 14.4 Å². The highest BCUT2D eigenvalue weighted by atomic mass is 32.2. The first kappa shape index (κ1) is 21.1. The Morgan fingerprint density at radius 2 is 1.57 bits per heavy atom. The lowest BCUT2D eigenvalue weighted by atomic mass is 10.2. The number of methoxy groups -OCH3 is 1. The van der Waals surface area contributed by atoms with Crippen molar-refractivity contribution in [2.45, 2.75) is 4.90 Å². The van der Waals surface area contributed by atoms with Gasteiger partial charge >= 0.3 is 5.97 Å². The van der Waals surface area contributed by atoms with Crippen LogP contribution in [0.1, 0.15) is 10.4 Å². The Labute approximate surface area is 162 Å². The molecule has 0 atom stereocenters. The third kappa shape index (κ3) is 6.18. The van der Waals surface area contributed by atoms with Crippen molar-refractivity contribution in [3.8, 4) is 0 Å². The van der Waals surface area contributed by atoms with Crippen LogP contribution in [0.15, 0.2) is 59.5 Å². The van der Waals surface area contributed by atoms with Gasteiger partial charge in [0.15, 0.2) is 0 Å². The van der Waals surface area contributed by atoms with Crippen LogP contribution < -0.4 is 15.4 Å². The molecule has 0 saturated carbocycles. The van der Waals surface area contributed by atoms with E-state index in [2.05, 4.69) is 20.1 Å². The van der Waals surface area contributed by atoms with Gasteiger partial charge in [0.1, 0.15) is 6.54 Å². The van der Waals surface area contributed by atoms with Crippen molar-refractivity contribution in [1.82, 2.24) is 10.0 Å². The van der Waals surface area contributed by atoms with Gasteiger partial charge in [0.05, 0.1) is 18.6 Å². The highest BCUT2D eigenvalue weighted by Gasteiger charge is 2.16. The molecule has 0 spiro atoms. The summed E-state index contributed by atoms with van der Waals surface area (Å²) in [6.07, 6.45) is 0. The third-order valence-corrected chi connectivity index (χ3v) is 4.95. The molecular formula is C18H19N3O6S. The lowest BCUT2D eigenvalue weighted by molar-refractivity contribution is -0.139. The number of hydrogen-bond acceptors (Lipinski definition) is 6. The molecule has 0 bridgehead atoms. The average Bonchev–Trinajstić information content (AvgIpc) is 2.71.